The Labute approximate surface area is 83.6 Å². The van der Waals surface area contributed by atoms with Gasteiger partial charge in [0.25, 0.3) is 0 Å². The molecule has 2 aliphatic rings. The van der Waals surface area contributed by atoms with E-state index in [1.165, 1.54) is 29.7 Å². The second kappa shape index (κ2) is 7.58. The number of ether oxygens (including phenoxy) is 1. The molecule has 13 heavy (non-hydrogen) atoms. The van der Waals surface area contributed by atoms with Crippen LogP contribution in [-0.2, 0) is 4.74 Å². The van der Waals surface area contributed by atoms with Gasteiger partial charge < -0.3 is 15.3 Å². The lowest BCUT2D eigenvalue weighted by Gasteiger charge is -2.19. The molecule has 0 unspecified atom stereocenters. The Morgan fingerprint density at radius 3 is 2.00 bits per heavy atom. The fourth-order valence-corrected chi connectivity index (χ4v) is 1.85. The number of hydrogen-bond donors (Lipinski definition) is 2. The van der Waals surface area contributed by atoms with Gasteiger partial charge in [-0.05, 0) is 0 Å². The second-order valence-electron chi connectivity index (χ2n) is 2.93. The average Bonchev–Trinajstić information content (AvgIpc) is 2.22. The maximum atomic E-state index is 8.66. The molecular weight excluding hydrogens is 188 g/mol. The van der Waals surface area contributed by atoms with Crippen molar-refractivity contribution in [1.29, 1.82) is 0 Å². The van der Waals surface area contributed by atoms with E-state index in [1.807, 2.05) is 11.8 Å². The van der Waals surface area contributed by atoms with Crippen LogP contribution in [0, 0.1) is 0 Å². The standard InChI is InChI=1S/C4H9NO2.C4H9NS/c6-5-1-3-7-4-2-5;1-3-6-4-2-5-1/h6H,1-4H2;5H,1-4H2. The van der Waals surface area contributed by atoms with Crippen LogP contribution in [0.1, 0.15) is 0 Å². The summed E-state index contributed by atoms with van der Waals surface area (Å²) in [7, 11) is 0. The van der Waals surface area contributed by atoms with Crippen LogP contribution in [0.15, 0.2) is 0 Å². The van der Waals surface area contributed by atoms with Gasteiger partial charge in [0.1, 0.15) is 0 Å². The molecule has 78 valence electrons. The third kappa shape index (κ3) is 6.29. The zero-order valence-electron chi connectivity index (χ0n) is 7.87. The Morgan fingerprint density at radius 2 is 1.77 bits per heavy atom. The van der Waals surface area contributed by atoms with Gasteiger partial charge >= 0.3 is 0 Å². The van der Waals surface area contributed by atoms with Gasteiger partial charge in [-0.1, -0.05) is 0 Å². The van der Waals surface area contributed by atoms with Crippen molar-refractivity contribution >= 4 is 11.8 Å². The molecule has 0 saturated carbocycles. The summed E-state index contributed by atoms with van der Waals surface area (Å²) < 4.78 is 4.94. The minimum absolute atomic E-state index is 0.653. The van der Waals surface area contributed by atoms with Gasteiger partial charge in [-0.25, -0.2) is 0 Å². The van der Waals surface area contributed by atoms with E-state index in [0.717, 1.165) is 0 Å². The minimum Gasteiger partial charge on any atom is -0.379 e. The highest BCUT2D eigenvalue weighted by Crippen LogP contribution is 1.99. The first-order valence-corrected chi connectivity index (χ1v) is 5.85. The molecule has 0 aromatic carbocycles. The van der Waals surface area contributed by atoms with Crippen LogP contribution in [0.3, 0.4) is 0 Å². The smallest absolute Gasteiger partial charge is 0.0617 e. The molecule has 0 spiro atoms. The molecule has 2 fully saturated rings. The van der Waals surface area contributed by atoms with E-state index in [-0.39, 0.29) is 0 Å². The van der Waals surface area contributed by atoms with Crippen molar-refractivity contribution in [2.75, 3.05) is 50.9 Å². The van der Waals surface area contributed by atoms with E-state index in [1.54, 1.807) is 0 Å². The Bertz CT molecular complexity index is 105. The normalized spacial score (nSPS) is 24.7. The molecule has 0 aliphatic carbocycles. The van der Waals surface area contributed by atoms with Gasteiger partial charge in [-0.3, -0.25) is 0 Å². The Kier molecular flexibility index (Phi) is 6.57. The molecule has 0 bridgehead atoms. The lowest BCUT2D eigenvalue weighted by atomic mass is 10.5. The SMILES string of the molecule is C1CSCCN1.ON1CCOCC1. The summed E-state index contributed by atoms with van der Waals surface area (Å²) >= 11 is 2.03. The number of nitrogens with zero attached hydrogens (tertiary/aromatic N) is 1. The number of hydrogen-bond acceptors (Lipinski definition) is 5. The van der Waals surface area contributed by atoms with Gasteiger partial charge in [0.2, 0.25) is 0 Å². The number of nitrogens with one attached hydrogen (secondary N) is 1. The van der Waals surface area contributed by atoms with E-state index in [4.69, 9.17) is 9.94 Å². The maximum Gasteiger partial charge on any atom is 0.0617 e. The van der Waals surface area contributed by atoms with Crippen molar-refractivity contribution in [3.05, 3.63) is 0 Å². The second-order valence-corrected chi connectivity index (χ2v) is 4.15. The third-order valence-electron chi connectivity index (χ3n) is 1.83. The fourth-order valence-electron chi connectivity index (χ4n) is 1.07. The quantitative estimate of drug-likeness (QED) is 0.585. The Morgan fingerprint density at radius 1 is 1.15 bits per heavy atom. The van der Waals surface area contributed by atoms with Crippen LogP contribution < -0.4 is 5.32 Å². The van der Waals surface area contributed by atoms with Gasteiger partial charge in [-0.15, -0.1) is 0 Å². The lowest BCUT2D eigenvalue weighted by Crippen LogP contribution is -2.33. The summed E-state index contributed by atoms with van der Waals surface area (Å²) in [5.41, 5.74) is 0. The van der Waals surface area contributed by atoms with Gasteiger partial charge in [-0.2, -0.15) is 16.8 Å². The van der Waals surface area contributed by atoms with Crippen LogP contribution in [0.4, 0.5) is 0 Å². The van der Waals surface area contributed by atoms with E-state index in [2.05, 4.69) is 5.32 Å². The van der Waals surface area contributed by atoms with Crippen molar-refractivity contribution in [3.63, 3.8) is 0 Å². The number of morpholine rings is 1. The van der Waals surface area contributed by atoms with E-state index in [0.29, 0.717) is 26.3 Å². The van der Waals surface area contributed by atoms with Crippen molar-refractivity contribution in [1.82, 2.24) is 10.4 Å². The van der Waals surface area contributed by atoms with E-state index < -0.39 is 0 Å². The van der Waals surface area contributed by atoms with Gasteiger partial charge in [0, 0.05) is 37.7 Å². The first-order valence-electron chi connectivity index (χ1n) is 4.69. The average molecular weight is 206 g/mol. The highest BCUT2D eigenvalue weighted by Gasteiger charge is 2.04. The zero-order valence-corrected chi connectivity index (χ0v) is 8.68. The highest BCUT2D eigenvalue weighted by atomic mass is 32.2. The molecular formula is C8H18N2O2S. The number of hydroxylamine groups is 2. The summed E-state index contributed by atoms with van der Waals surface area (Å²) in [6.45, 7) is 5.06. The largest absolute Gasteiger partial charge is 0.379 e. The van der Waals surface area contributed by atoms with Crippen molar-refractivity contribution in [2.24, 2.45) is 0 Å². The van der Waals surface area contributed by atoms with Crippen LogP contribution in [0.2, 0.25) is 0 Å². The van der Waals surface area contributed by atoms with Crippen molar-refractivity contribution in [3.8, 4) is 0 Å². The molecule has 0 amide bonds. The predicted octanol–water partition coefficient (Wildman–Crippen LogP) is 0.0306. The van der Waals surface area contributed by atoms with Crippen LogP contribution in [0.25, 0.3) is 0 Å². The fraction of sp³-hybridized carbons (Fsp3) is 1.00. The monoisotopic (exact) mass is 206 g/mol. The van der Waals surface area contributed by atoms with Gasteiger partial charge in [0.05, 0.1) is 13.2 Å². The molecule has 2 heterocycles. The molecule has 0 radical (unpaired) electrons. The summed E-state index contributed by atoms with van der Waals surface area (Å²) in [4.78, 5) is 0. The van der Waals surface area contributed by atoms with Crippen molar-refractivity contribution < 1.29 is 9.94 Å². The first kappa shape index (κ1) is 11.3. The molecule has 2 aliphatic heterocycles. The van der Waals surface area contributed by atoms with Crippen LogP contribution in [-0.4, -0.2) is 61.2 Å². The third-order valence-corrected chi connectivity index (χ3v) is 2.82. The molecule has 2 saturated heterocycles. The molecule has 2 N–H and O–H groups in total. The number of thioether (sulfide) groups is 1. The summed E-state index contributed by atoms with van der Waals surface area (Å²) in [5, 5.41) is 13.2. The first-order chi connectivity index (χ1) is 6.39. The molecule has 4 nitrogen and oxygen atoms in total. The highest BCUT2D eigenvalue weighted by molar-refractivity contribution is 7.99. The zero-order chi connectivity index (χ0) is 9.36. The number of rotatable bonds is 0. The minimum atomic E-state index is 0.653. The maximum absolute atomic E-state index is 8.66. The summed E-state index contributed by atoms with van der Waals surface area (Å²) in [5.74, 6) is 2.61. The predicted molar refractivity (Wildman–Crippen MR) is 54.4 cm³/mol. The van der Waals surface area contributed by atoms with Crippen LogP contribution >= 0.6 is 11.8 Å². The lowest BCUT2D eigenvalue weighted by molar-refractivity contribution is -0.143. The molecule has 0 aromatic heterocycles. The van der Waals surface area contributed by atoms with E-state index in [9.17, 15) is 0 Å². The molecule has 0 atom stereocenters. The molecule has 5 heteroatoms. The topological polar surface area (TPSA) is 44.7 Å². The van der Waals surface area contributed by atoms with Gasteiger partial charge in [0.15, 0.2) is 0 Å². The summed E-state index contributed by atoms with van der Waals surface area (Å²) in [6.07, 6.45) is 0. The van der Waals surface area contributed by atoms with Crippen molar-refractivity contribution in [2.45, 2.75) is 0 Å². The molecule has 2 rings (SSSR count). The summed E-state index contributed by atoms with van der Waals surface area (Å²) in [6, 6.07) is 0. The van der Waals surface area contributed by atoms with E-state index >= 15 is 0 Å². The molecule has 0 aromatic rings. The Hall–Kier alpha value is 0.190. The Balaban J connectivity index is 0.000000132. The van der Waals surface area contributed by atoms with Crippen LogP contribution in [0.5, 0.6) is 0 Å².